The van der Waals surface area contributed by atoms with Crippen molar-refractivity contribution in [3.05, 3.63) is 48.0 Å². The summed E-state index contributed by atoms with van der Waals surface area (Å²) in [5.74, 6) is -0.0924. The molecule has 23 heavy (non-hydrogen) atoms. The molecule has 1 atom stereocenters. The Morgan fingerprint density at radius 1 is 1.43 bits per heavy atom. The summed E-state index contributed by atoms with van der Waals surface area (Å²) < 4.78 is 5.62. The molecule has 0 N–H and O–H groups in total. The van der Waals surface area contributed by atoms with Crippen LogP contribution in [0.4, 0.5) is 0 Å². The number of hydrogen-bond donors (Lipinski definition) is 0. The maximum atomic E-state index is 12.4. The van der Waals surface area contributed by atoms with E-state index in [-0.39, 0.29) is 24.3 Å². The Hall–Kier alpha value is -2.14. The Morgan fingerprint density at radius 3 is 2.87 bits per heavy atom. The zero-order chi connectivity index (χ0) is 16.8. The second kappa shape index (κ2) is 7.92. The molecule has 1 aromatic carbocycles. The molecule has 0 saturated carbocycles. The van der Waals surface area contributed by atoms with E-state index in [1.54, 1.807) is 16.8 Å². The molecule has 0 aromatic heterocycles. The van der Waals surface area contributed by atoms with E-state index in [4.69, 9.17) is 4.74 Å². The molecular formula is C18H24N2O3. The van der Waals surface area contributed by atoms with E-state index in [1.807, 2.05) is 31.2 Å². The number of hydrogen-bond acceptors (Lipinski definition) is 3. The predicted octanol–water partition coefficient (Wildman–Crippen LogP) is 1.76. The lowest BCUT2D eigenvalue weighted by Crippen LogP contribution is -2.46. The number of carbonyl (C=O) groups excluding carboxylic acids is 2. The third-order valence-electron chi connectivity index (χ3n) is 4.12. The summed E-state index contributed by atoms with van der Waals surface area (Å²) in [5.41, 5.74) is 2.31. The predicted molar refractivity (Wildman–Crippen MR) is 88.8 cm³/mol. The number of amides is 2. The summed E-state index contributed by atoms with van der Waals surface area (Å²) in [4.78, 5) is 27.4. The average Bonchev–Trinajstić information content (AvgIpc) is 2.56. The van der Waals surface area contributed by atoms with Gasteiger partial charge in [-0.15, -0.1) is 0 Å². The molecule has 124 valence electrons. The number of benzene rings is 1. The first kappa shape index (κ1) is 17.2. The largest absolute Gasteiger partial charge is 0.374 e. The lowest BCUT2D eigenvalue weighted by atomic mass is 10.1. The fourth-order valence-electron chi connectivity index (χ4n) is 2.65. The van der Waals surface area contributed by atoms with E-state index in [9.17, 15) is 9.59 Å². The molecule has 0 radical (unpaired) electrons. The third kappa shape index (κ3) is 4.66. The van der Waals surface area contributed by atoms with Crippen molar-refractivity contribution in [3.63, 3.8) is 0 Å². The van der Waals surface area contributed by atoms with E-state index in [0.29, 0.717) is 26.2 Å². The number of morpholine rings is 1. The number of aryl methyl sites for hydroxylation is 1. The minimum Gasteiger partial charge on any atom is -0.374 e. The molecule has 1 aliphatic heterocycles. The monoisotopic (exact) mass is 316 g/mol. The van der Waals surface area contributed by atoms with Crippen LogP contribution in [-0.4, -0.2) is 54.5 Å². The fraction of sp³-hybridized carbons (Fsp3) is 0.444. The minimum atomic E-state index is -0.250. The minimum absolute atomic E-state index is 0.0196. The Kier molecular flexibility index (Phi) is 5.93. The normalized spacial score (nSPS) is 17.7. The number of carbonyl (C=O) groups is 2. The Bertz CT molecular complexity index is 585. The average molecular weight is 316 g/mol. The second-order valence-electron chi connectivity index (χ2n) is 5.86. The Labute approximate surface area is 137 Å². The summed E-state index contributed by atoms with van der Waals surface area (Å²) in [6.07, 6.45) is 1.33. The molecule has 2 amide bonds. The highest BCUT2D eigenvalue weighted by Gasteiger charge is 2.26. The van der Waals surface area contributed by atoms with Gasteiger partial charge in [-0.3, -0.25) is 9.59 Å². The summed E-state index contributed by atoms with van der Waals surface area (Å²) in [5, 5.41) is 0. The van der Waals surface area contributed by atoms with Gasteiger partial charge in [-0.2, -0.15) is 0 Å². The maximum Gasteiger partial charge on any atom is 0.246 e. The molecule has 1 heterocycles. The number of ether oxygens (including phenoxy) is 1. The van der Waals surface area contributed by atoms with Crippen LogP contribution in [0.1, 0.15) is 17.5 Å². The highest BCUT2D eigenvalue weighted by molar-refractivity contribution is 5.87. The van der Waals surface area contributed by atoms with Gasteiger partial charge in [0.15, 0.2) is 0 Å². The number of nitrogens with zero attached hydrogens (tertiary/aromatic N) is 2. The van der Waals surface area contributed by atoms with Crippen LogP contribution in [0.5, 0.6) is 0 Å². The van der Waals surface area contributed by atoms with Crippen molar-refractivity contribution >= 4 is 11.8 Å². The molecule has 1 saturated heterocycles. The molecule has 0 bridgehead atoms. The Morgan fingerprint density at radius 2 is 2.17 bits per heavy atom. The van der Waals surface area contributed by atoms with Crippen LogP contribution in [0.25, 0.3) is 0 Å². The highest BCUT2D eigenvalue weighted by Crippen LogP contribution is 2.13. The third-order valence-corrected chi connectivity index (χ3v) is 4.12. The molecule has 5 nitrogen and oxygen atoms in total. The standard InChI is InChI=1S/C18H24N2O3/c1-4-17(21)20-9-10-23-16(13-20)11-18(22)19(3)12-15-8-6-5-7-14(15)2/h4-8,16H,1,9-13H2,2-3H3/t16-/m0/s1. The van der Waals surface area contributed by atoms with Gasteiger partial charge in [-0.1, -0.05) is 30.8 Å². The van der Waals surface area contributed by atoms with Gasteiger partial charge in [0, 0.05) is 26.7 Å². The van der Waals surface area contributed by atoms with Crippen LogP contribution < -0.4 is 0 Å². The second-order valence-corrected chi connectivity index (χ2v) is 5.86. The van der Waals surface area contributed by atoms with Gasteiger partial charge in [0.25, 0.3) is 0 Å². The van der Waals surface area contributed by atoms with Gasteiger partial charge in [-0.05, 0) is 24.1 Å². The van der Waals surface area contributed by atoms with Crippen LogP contribution in [0, 0.1) is 6.92 Å². The van der Waals surface area contributed by atoms with Crippen LogP contribution in [0.15, 0.2) is 36.9 Å². The van der Waals surface area contributed by atoms with Crippen molar-refractivity contribution in [2.75, 3.05) is 26.7 Å². The topological polar surface area (TPSA) is 49.9 Å². The van der Waals surface area contributed by atoms with Crippen LogP contribution in [-0.2, 0) is 20.9 Å². The fourth-order valence-corrected chi connectivity index (χ4v) is 2.65. The van der Waals surface area contributed by atoms with Gasteiger partial charge in [-0.25, -0.2) is 0 Å². The SMILES string of the molecule is C=CC(=O)N1CCO[C@@H](CC(=O)N(C)Cc2ccccc2C)C1. The van der Waals surface area contributed by atoms with Crippen molar-refractivity contribution in [1.29, 1.82) is 0 Å². The van der Waals surface area contributed by atoms with Crippen molar-refractivity contribution in [2.45, 2.75) is 26.0 Å². The molecule has 0 spiro atoms. The lowest BCUT2D eigenvalue weighted by molar-refractivity contribution is -0.141. The van der Waals surface area contributed by atoms with Gasteiger partial charge in [0.1, 0.15) is 0 Å². The van der Waals surface area contributed by atoms with Crippen molar-refractivity contribution < 1.29 is 14.3 Å². The molecule has 2 rings (SSSR count). The number of rotatable bonds is 5. The van der Waals surface area contributed by atoms with Gasteiger partial charge >= 0.3 is 0 Å². The lowest BCUT2D eigenvalue weighted by Gasteiger charge is -2.32. The first-order chi connectivity index (χ1) is 11.0. The first-order valence-corrected chi connectivity index (χ1v) is 7.82. The maximum absolute atomic E-state index is 12.4. The van der Waals surface area contributed by atoms with Crippen molar-refractivity contribution in [3.8, 4) is 0 Å². The van der Waals surface area contributed by atoms with Crippen LogP contribution >= 0.6 is 0 Å². The zero-order valence-electron chi connectivity index (χ0n) is 13.8. The molecular weight excluding hydrogens is 292 g/mol. The molecule has 0 aliphatic carbocycles. The molecule has 1 aromatic rings. The molecule has 1 aliphatic rings. The van der Waals surface area contributed by atoms with E-state index in [0.717, 1.165) is 5.56 Å². The van der Waals surface area contributed by atoms with E-state index < -0.39 is 0 Å². The Balaban J connectivity index is 1.89. The summed E-state index contributed by atoms with van der Waals surface area (Å²) in [6, 6.07) is 8.03. The smallest absolute Gasteiger partial charge is 0.246 e. The first-order valence-electron chi connectivity index (χ1n) is 7.82. The van der Waals surface area contributed by atoms with Gasteiger partial charge in [0.2, 0.25) is 11.8 Å². The van der Waals surface area contributed by atoms with E-state index in [1.165, 1.54) is 11.6 Å². The van der Waals surface area contributed by atoms with Crippen molar-refractivity contribution in [2.24, 2.45) is 0 Å². The summed E-state index contributed by atoms with van der Waals surface area (Å²) in [6.45, 7) is 7.56. The van der Waals surface area contributed by atoms with Gasteiger partial charge < -0.3 is 14.5 Å². The van der Waals surface area contributed by atoms with Gasteiger partial charge in [0.05, 0.1) is 19.1 Å². The highest BCUT2D eigenvalue weighted by atomic mass is 16.5. The van der Waals surface area contributed by atoms with Crippen molar-refractivity contribution in [1.82, 2.24) is 9.80 Å². The quantitative estimate of drug-likeness (QED) is 0.778. The van der Waals surface area contributed by atoms with E-state index >= 15 is 0 Å². The van der Waals surface area contributed by atoms with Crippen LogP contribution in [0.2, 0.25) is 0 Å². The summed E-state index contributed by atoms with van der Waals surface area (Å²) >= 11 is 0. The molecule has 5 heteroatoms. The molecule has 1 fully saturated rings. The van der Waals surface area contributed by atoms with E-state index in [2.05, 4.69) is 6.58 Å². The molecule has 0 unspecified atom stereocenters. The summed E-state index contributed by atoms with van der Waals surface area (Å²) in [7, 11) is 1.80. The van der Waals surface area contributed by atoms with Crippen LogP contribution in [0.3, 0.4) is 0 Å². The zero-order valence-corrected chi connectivity index (χ0v) is 13.8.